The minimum atomic E-state index is -5.17. The molecule has 6 aliphatic rings. The molecule has 32 heteroatoms. The Kier molecular flexibility index (Phi) is 30.6. The third kappa shape index (κ3) is 22.2. The number of amides is 12. The molecule has 13 atom stereocenters. The lowest BCUT2D eigenvalue weighted by atomic mass is 9.58. The van der Waals surface area contributed by atoms with Crippen LogP contribution in [0, 0.1) is 35.0 Å². The standard InChI is InChI=1S/C73H115ClF6N12O13/c1-16-22-51-61(96)82-60(44(5)17-2)68(103)86(11)40-59(95)88(13)52-23-20-19-21-32-91(67(52)102)55(34-46-26-24-43(4)25-27-46)65(100)85(10)39-57(93)81-50(31-29-45-28-30-48(49(74)33-45)73(78,79)80)63(98)92-38-47(105-18-3)35-53(92)62(97)83-71(41-70(6,7)42-71)69(104)90(15)56(37-72(75,76)77)66(101)89(14)54(64(99)84(8)9)36-58(94)87(51)12/h19-20,43-56,60H,16-18,21-42H2,1-15H3,(H,81,93)(H,82,96)(H,83,97)/b20-19-/t43?,44-,45?,46?,47+,48?,49?,50-,51-,52-,53-,54-,55-,56-,60-/m0/s1. The molecule has 594 valence electrons. The first-order valence-electron chi connectivity index (χ1n) is 37.2. The van der Waals surface area contributed by atoms with Crippen LogP contribution < -0.4 is 16.0 Å². The molecule has 3 N–H and O–H groups in total. The number of nitrogens with one attached hydrogen (secondary N) is 3. The highest BCUT2D eigenvalue weighted by Crippen LogP contribution is 2.50. The van der Waals surface area contributed by atoms with Gasteiger partial charge in [0.1, 0.15) is 53.9 Å². The number of nitrogens with zero attached hydrogens (tertiary/aromatic N) is 9. The average Bonchev–Trinajstić information content (AvgIpc) is 1.28. The number of hydrogen-bond acceptors (Lipinski definition) is 13. The monoisotopic (exact) mass is 1520 g/mol. The van der Waals surface area contributed by atoms with E-state index in [9.17, 15) is 46.7 Å². The van der Waals surface area contributed by atoms with Crippen molar-refractivity contribution in [2.75, 3.05) is 89.2 Å². The molecule has 1 spiro atoms. The van der Waals surface area contributed by atoms with Crippen molar-refractivity contribution >= 4 is 82.5 Å². The van der Waals surface area contributed by atoms with Gasteiger partial charge in [0.25, 0.3) is 0 Å². The summed E-state index contributed by atoms with van der Waals surface area (Å²) < 4.78 is 93.4. The first-order chi connectivity index (χ1) is 48.9. The lowest BCUT2D eigenvalue weighted by Crippen LogP contribution is -2.71. The second kappa shape index (κ2) is 36.9. The van der Waals surface area contributed by atoms with E-state index in [4.69, 9.17) is 16.3 Å². The summed E-state index contributed by atoms with van der Waals surface area (Å²) in [4.78, 5) is 189. The van der Waals surface area contributed by atoms with E-state index in [0.717, 1.165) is 64.3 Å². The zero-order valence-corrected chi connectivity index (χ0v) is 64.7. The maximum Gasteiger partial charge on any atom is 0.393 e. The highest BCUT2D eigenvalue weighted by atomic mass is 35.5. The molecular weight excluding hydrogens is 1400 g/mol. The van der Waals surface area contributed by atoms with Gasteiger partial charge in [-0.05, 0) is 107 Å². The van der Waals surface area contributed by atoms with Crippen LogP contribution in [-0.4, -0.2) is 282 Å². The van der Waals surface area contributed by atoms with E-state index in [2.05, 4.69) is 22.9 Å². The summed E-state index contributed by atoms with van der Waals surface area (Å²) in [6.07, 6.45) is -6.73. The van der Waals surface area contributed by atoms with Crippen LogP contribution in [0.3, 0.4) is 0 Å². The molecule has 12 amide bonds. The Balaban J connectivity index is 1.49. The SMILES string of the molecule is CCC[C@H]1C(=O)N[C@@H]([C@@H](C)CC)C(=O)N(C)CC(=O)N(C)[C@H]2C/C=C\CCN(C2=O)[C@@H](CC2CCC(C)CC2)C(=O)N(C)CC(=O)N[C@@H](CCC2CCC(C(F)(F)F)C(Cl)C2)C(=O)N2C[C@H](OCC)C[C@H]2C(=O)NC2(CC(C)(C)C2)C(=O)N(C)[C@@H](CC(F)(F)F)C(=O)N(C)[C@H](C(=O)N(C)C)CC(=O)N1C. The zero-order valence-electron chi connectivity index (χ0n) is 64.0. The van der Waals surface area contributed by atoms with Crippen molar-refractivity contribution in [3.63, 3.8) is 0 Å². The summed E-state index contributed by atoms with van der Waals surface area (Å²) in [5, 5.41) is 7.03. The van der Waals surface area contributed by atoms with Crippen LogP contribution >= 0.6 is 11.6 Å². The number of carbonyl (C=O) groups excluding carboxylic acids is 12. The van der Waals surface area contributed by atoms with Gasteiger partial charge in [-0.1, -0.05) is 92.2 Å². The van der Waals surface area contributed by atoms with E-state index in [1.807, 2.05) is 6.08 Å². The Morgan fingerprint density at radius 1 is 0.676 bits per heavy atom. The van der Waals surface area contributed by atoms with Gasteiger partial charge in [-0.2, -0.15) is 26.3 Å². The van der Waals surface area contributed by atoms with Gasteiger partial charge in [0, 0.05) is 87.9 Å². The molecule has 3 saturated carbocycles. The Morgan fingerprint density at radius 2 is 1.30 bits per heavy atom. The Hall–Kier alpha value is -6.79. The summed E-state index contributed by atoms with van der Waals surface area (Å²) in [5.41, 5.74) is -2.81. The van der Waals surface area contributed by atoms with Gasteiger partial charge in [0.05, 0.1) is 38.0 Å². The summed E-state index contributed by atoms with van der Waals surface area (Å²) in [7, 11) is 9.88. The van der Waals surface area contributed by atoms with E-state index < -0.39 is 198 Å². The van der Waals surface area contributed by atoms with E-state index in [-0.39, 0.29) is 103 Å². The number of rotatable bonds is 13. The van der Waals surface area contributed by atoms with E-state index >= 15 is 37.1 Å². The molecule has 3 aliphatic heterocycles. The fourth-order valence-corrected chi connectivity index (χ4v) is 16.8. The third-order valence-corrected chi connectivity index (χ3v) is 23.1. The van der Waals surface area contributed by atoms with Gasteiger partial charge in [0.2, 0.25) is 70.9 Å². The molecule has 5 fully saturated rings. The maximum absolute atomic E-state index is 15.6. The second-order valence-electron chi connectivity index (χ2n) is 31.6. The maximum atomic E-state index is 15.6. The van der Waals surface area contributed by atoms with Crippen molar-refractivity contribution in [3.8, 4) is 0 Å². The number of hydrogen-bond donors (Lipinski definition) is 3. The van der Waals surface area contributed by atoms with Crippen molar-refractivity contribution in [2.45, 2.75) is 255 Å². The van der Waals surface area contributed by atoms with Gasteiger partial charge >= 0.3 is 12.4 Å². The number of carbonyl (C=O) groups is 12. The zero-order chi connectivity index (χ0) is 78.7. The smallest absolute Gasteiger partial charge is 0.377 e. The summed E-state index contributed by atoms with van der Waals surface area (Å²) >= 11 is 6.41. The highest BCUT2D eigenvalue weighted by Gasteiger charge is 2.60. The van der Waals surface area contributed by atoms with E-state index in [0.29, 0.717) is 28.6 Å². The molecular formula is C73H115ClF6N12O13. The van der Waals surface area contributed by atoms with Gasteiger partial charge < -0.3 is 64.8 Å². The first kappa shape index (κ1) is 87.1. The van der Waals surface area contributed by atoms with Crippen molar-refractivity contribution in [1.29, 1.82) is 0 Å². The number of likely N-dealkylation sites (N-methyl/N-ethyl adjacent to an activating group) is 7. The van der Waals surface area contributed by atoms with Gasteiger partial charge in [-0.3, -0.25) is 57.5 Å². The molecule has 6 rings (SSSR count). The van der Waals surface area contributed by atoms with Crippen LogP contribution in [0.2, 0.25) is 0 Å². The predicted molar refractivity (Wildman–Crippen MR) is 379 cm³/mol. The second-order valence-corrected chi connectivity index (χ2v) is 32.2. The summed E-state index contributed by atoms with van der Waals surface area (Å²) in [6, 6.07) is -12.4. The largest absolute Gasteiger partial charge is 0.393 e. The summed E-state index contributed by atoms with van der Waals surface area (Å²) in [5.74, 6) is -13.1. The minimum Gasteiger partial charge on any atom is -0.377 e. The molecule has 0 aromatic rings. The van der Waals surface area contributed by atoms with Gasteiger partial charge in [0.15, 0.2) is 0 Å². The van der Waals surface area contributed by atoms with E-state index in [1.165, 1.54) is 52.1 Å². The molecule has 0 aromatic carbocycles. The molecule has 3 unspecified atom stereocenters. The van der Waals surface area contributed by atoms with Crippen LogP contribution in [0.25, 0.3) is 0 Å². The topological polar surface area (TPSA) is 279 Å². The normalized spacial score (nSPS) is 31.4. The minimum absolute atomic E-state index is 0.00522. The lowest BCUT2D eigenvalue weighted by molar-refractivity contribution is -0.182. The summed E-state index contributed by atoms with van der Waals surface area (Å²) in [6.45, 7) is 11.0. The fourth-order valence-electron chi connectivity index (χ4n) is 16.3. The quantitative estimate of drug-likeness (QED) is 0.104. The van der Waals surface area contributed by atoms with Crippen LogP contribution in [-0.2, 0) is 62.3 Å². The molecule has 3 aliphatic carbocycles. The van der Waals surface area contributed by atoms with Crippen LogP contribution in [0.15, 0.2) is 12.2 Å². The number of fused-ring (bicyclic) bond motifs is 3. The van der Waals surface area contributed by atoms with Crippen LogP contribution in [0.1, 0.15) is 177 Å². The third-order valence-electron chi connectivity index (χ3n) is 22.6. The van der Waals surface area contributed by atoms with Crippen molar-refractivity contribution in [3.05, 3.63) is 12.2 Å². The number of halogens is 7. The average molecular weight is 1520 g/mol. The van der Waals surface area contributed by atoms with Gasteiger partial charge in [-0.15, -0.1) is 11.6 Å². The molecule has 3 heterocycles. The Morgan fingerprint density at radius 3 is 1.88 bits per heavy atom. The van der Waals surface area contributed by atoms with Gasteiger partial charge in [-0.25, -0.2) is 0 Å². The van der Waals surface area contributed by atoms with Crippen molar-refractivity contribution < 1.29 is 88.6 Å². The molecule has 25 nitrogen and oxygen atoms in total. The van der Waals surface area contributed by atoms with Crippen LogP contribution in [0.4, 0.5) is 26.3 Å². The highest BCUT2D eigenvalue weighted by molar-refractivity contribution is 6.21. The molecule has 0 radical (unpaired) electrons. The van der Waals surface area contributed by atoms with Crippen LogP contribution in [0.5, 0.6) is 0 Å². The van der Waals surface area contributed by atoms with Crippen molar-refractivity contribution in [1.82, 2.24) is 60.0 Å². The lowest BCUT2D eigenvalue weighted by Gasteiger charge is -2.54. The number of alkyl halides is 7. The van der Waals surface area contributed by atoms with Crippen molar-refractivity contribution in [2.24, 2.45) is 35.0 Å². The predicted octanol–water partition coefficient (Wildman–Crippen LogP) is 6.28. The number of ether oxygens (including phenoxy) is 1. The van der Waals surface area contributed by atoms with E-state index in [1.54, 1.807) is 47.6 Å². The first-order valence-corrected chi connectivity index (χ1v) is 37.7. The molecule has 2 bridgehead atoms. The molecule has 2 saturated heterocycles. The Bertz CT molecular complexity index is 3150. The molecule has 0 aromatic heterocycles. The molecule has 105 heavy (non-hydrogen) atoms. The fraction of sp³-hybridized carbons (Fsp3) is 0.808. The Labute approximate surface area is 619 Å².